The van der Waals surface area contributed by atoms with E-state index < -0.39 is 53.8 Å². The molecule has 0 unspecified atom stereocenters. The molecule has 2 fully saturated rings. The fraction of sp³-hybridized carbons (Fsp3) is 0.483. The van der Waals surface area contributed by atoms with Crippen molar-refractivity contribution in [2.75, 3.05) is 40.8 Å². The van der Waals surface area contributed by atoms with Crippen LogP contribution in [0.25, 0.3) is 0 Å². The van der Waals surface area contributed by atoms with Gasteiger partial charge in [0.2, 0.25) is 11.8 Å². The molecule has 2 atom stereocenters. The van der Waals surface area contributed by atoms with Crippen LogP contribution in [0.1, 0.15) is 35.1 Å². The van der Waals surface area contributed by atoms with E-state index in [4.69, 9.17) is 4.74 Å². The highest BCUT2D eigenvalue weighted by Crippen LogP contribution is 2.36. The van der Waals surface area contributed by atoms with Gasteiger partial charge >= 0.3 is 18.4 Å². The number of methoxy groups -OCH3 is 1. The normalized spacial score (nSPS) is 19.4. The molecule has 2 aliphatic rings. The van der Waals surface area contributed by atoms with E-state index in [1.165, 1.54) is 21.8 Å². The van der Waals surface area contributed by atoms with E-state index in [0.29, 0.717) is 30.0 Å². The molecule has 2 aliphatic heterocycles. The number of piperazine rings is 1. The van der Waals surface area contributed by atoms with Crippen molar-refractivity contribution in [2.24, 2.45) is 0 Å². The van der Waals surface area contributed by atoms with Crippen LogP contribution in [0.15, 0.2) is 42.5 Å². The van der Waals surface area contributed by atoms with Gasteiger partial charge in [-0.25, -0.2) is 4.79 Å². The number of rotatable bonds is 8. The first kappa shape index (κ1) is 32.9. The summed E-state index contributed by atoms with van der Waals surface area (Å²) in [5, 5.41) is 2.42. The van der Waals surface area contributed by atoms with Gasteiger partial charge < -0.3 is 29.7 Å². The summed E-state index contributed by atoms with van der Waals surface area (Å²) >= 11 is 0. The number of carbonyl (C=O) groups is 3. The zero-order chi connectivity index (χ0) is 32.4. The third kappa shape index (κ3) is 7.37. The van der Waals surface area contributed by atoms with Gasteiger partial charge in [-0.15, -0.1) is 0 Å². The van der Waals surface area contributed by atoms with Crippen molar-refractivity contribution >= 4 is 17.8 Å². The molecule has 0 radical (unpaired) electrons. The van der Waals surface area contributed by atoms with Gasteiger partial charge in [0.1, 0.15) is 18.0 Å². The number of ether oxygens (including phenoxy) is 1. The topological polar surface area (TPSA) is 85.4 Å². The number of carbonyl (C=O) groups excluding carboxylic acids is 3. The van der Waals surface area contributed by atoms with Crippen LogP contribution in [-0.2, 0) is 35.0 Å². The van der Waals surface area contributed by atoms with Crippen LogP contribution in [0, 0.1) is 0 Å². The Kier molecular flexibility index (Phi) is 9.66. The summed E-state index contributed by atoms with van der Waals surface area (Å²) in [6.45, 7) is -0.162. The van der Waals surface area contributed by atoms with Crippen LogP contribution in [0.2, 0.25) is 0 Å². The number of hydrogen-bond donors (Lipinski definition) is 1. The molecule has 2 heterocycles. The molecule has 4 rings (SSSR count). The first-order valence-corrected chi connectivity index (χ1v) is 13.8. The van der Waals surface area contributed by atoms with Crippen LogP contribution >= 0.6 is 0 Å². The van der Waals surface area contributed by atoms with Crippen molar-refractivity contribution in [1.82, 2.24) is 24.9 Å². The highest BCUT2D eigenvalue weighted by atomic mass is 19.4. The third-order valence-electron chi connectivity index (χ3n) is 7.61. The first-order chi connectivity index (χ1) is 20.6. The molecule has 4 amide bonds. The van der Waals surface area contributed by atoms with Crippen LogP contribution in [-0.4, -0.2) is 90.5 Å². The average molecular weight is 630 g/mol. The minimum Gasteiger partial charge on any atom is -0.496 e. The lowest BCUT2D eigenvalue weighted by molar-refractivity contribution is -0.167. The lowest BCUT2D eigenvalue weighted by Gasteiger charge is -2.52. The molecular weight excluding hydrogens is 596 g/mol. The van der Waals surface area contributed by atoms with E-state index >= 15 is 0 Å². The molecule has 15 heteroatoms. The summed E-state index contributed by atoms with van der Waals surface area (Å²) in [6, 6.07) is 6.50. The summed E-state index contributed by atoms with van der Waals surface area (Å²) in [6.07, 6.45) is -10.8. The molecule has 2 aromatic rings. The van der Waals surface area contributed by atoms with Crippen LogP contribution in [0.5, 0.6) is 5.75 Å². The van der Waals surface area contributed by atoms with E-state index in [1.54, 1.807) is 24.3 Å². The molecule has 44 heavy (non-hydrogen) atoms. The van der Waals surface area contributed by atoms with Crippen molar-refractivity contribution in [1.29, 1.82) is 0 Å². The van der Waals surface area contributed by atoms with Crippen LogP contribution in [0.3, 0.4) is 0 Å². The molecule has 0 aromatic heterocycles. The van der Waals surface area contributed by atoms with E-state index in [9.17, 15) is 40.7 Å². The van der Waals surface area contributed by atoms with Crippen molar-refractivity contribution in [3.8, 4) is 5.75 Å². The largest absolute Gasteiger partial charge is 0.496 e. The Morgan fingerprint density at radius 2 is 1.66 bits per heavy atom. The highest BCUT2D eigenvalue weighted by molar-refractivity contribution is 5.91. The quantitative estimate of drug-likeness (QED) is 0.444. The van der Waals surface area contributed by atoms with Gasteiger partial charge in [-0.1, -0.05) is 18.2 Å². The van der Waals surface area contributed by atoms with Crippen LogP contribution in [0.4, 0.5) is 31.1 Å². The predicted molar refractivity (Wildman–Crippen MR) is 146 cm³/mol. The van der Waals surface area contributed by atoms with Gasteiger partial charge in [-0.3, -0.25) is 9.59 Å². The SMILES string of the molecule is COc1ccccc1CN1C[C@@H]2N(C(=O)NCc3cc(C(F)(F)F)cc(C(F)(F)F)c3)CCC(=O)N2[C@@H](CCN(C)C)C1=O. The number of nitrogens with zero attached hydrogens (tertiary/aromatic N) is 4. The second-order valence-corrected chi connectivity index (χ2v) is 10.9. The summed E-state index contributed by atoms with van der Waals surface area (Å²) in [7, 11) is 5.12. The molecule has 0 aliphatic carbocycles. The van der Waals surface area contributed by atoms with Crippen molar-refractivity contribution in [2.45, 2.75) is 50.5 Å². The van der Waals surface area contributed by atoms with Gasteiger partial charge in [0, 0.05) is 31.6 Å². The van der Waals surface area contributed by atoms with Crippen molar-refractivity contribution < 1.29 is 45.5 Å². The number of hydrogen-bond acceptors (Lipinski definition) is 5. The summed E-state index contributed by atoms with van der Waals surface area (Å²) in [4.78, 5) is 46.3. The molecule has 2 aromatic carbocycles. The average Bonchev–Trinajstić information content (AvgIpc) is 2.95. The summed E-state index contributed by atoms with van der Waals surface area (Å²) < 4.78 is 85.4. The second kappa shape index (κ2) is 12.9. The van der Waals surface area contributed by atoms with Gasteiger partial charge in [0.15, 0.2) is 0 Å². The Hall–Kier alpha value is -4.01. The second-order valence-electron chi connectivity index (χ2n) is 10.9. The predicted octanol–water partition coefficient (Wildman–Crippen LogP) is 4.17. The van der Waals surface area contributed by atoms with E-state index in [0.717, 1.165) is 0 Å². The minimum atomic E-state index is -5.03. The number of halogens is 6. The molecule has 2 saturated heterocycles. The molecular formula is C29H33F6N5O4. The standard InChI is InChI=1S/C29H33F6N5O4/c1-37(2)10-8-22-26(42)38(16-19-6-4-5-7-23(19)44-3)17-24-39(11-9-25(41)40(22)24)27(43)36-15-18-12-20(28(30,31)32)14-21(13-18)29(33,34)35/h4-7,12-14,22,24H,8-11,15-17H2,1-3H3,(H,36,43)/t22-,24+/m0/s1. The monoisotopic (exact) mass is 629 g/mol. The lowest BCUT2D eigenvalue weighted by atomic mass is 10.0. The van der Waals surface area contributed by atoms with Gasteiger partial charge in [0.25, 0.3) is 0 Å². The van der Waals surface area contributed by atoms with Crippen molar-refractivity contribution in [3.05, 3.63) is 64.7 Å². The number of amides is 4. The third-order valence-corrected chi connectivity index (χ3v) is 7.61. The Morgan fingerprint density at radius 3 is 2.25 bits per heavy atom. The van der Waals surface area contributed by atoms with Crippen LogP contribution < -0.4 is 10.1 Å². The van der Waals surface area contributed by atoms with E-state index in [-0.39, 0.29) is 50.4 Å². The fourth-order valence-corrected chi connectivity index (χ4v) is 5.46. The number of benzene rings is 2. The molecule has 240 valence electrons. The van der Waals surface area contributed by atoms with Crippen molar-refractivity contribution in [3.63, 3.8) is 0 Å². The molecule has 1 N–H and O–H groups in total. The maximum absolute atomic E-state index is 13.7. The zero-order valence-corrected chi connectivity index (χ0v) is 24.3. The molecule has 0 saturated carbocycles. The number of fused-ring (bicyclic) bond motifs is 1. The highest BCUT2D eigenvalue weighted by Gasteiger charge is 2.48. The fourth-order valence-electron chi connectivity index (χ4n) is 5.46. The maximum Gasteiger partial charge on any atom is 0.416 e. The minimum absolute atomic E-state index is 0.0165. The summed E-state index contributed by atoms with van der Waals surface area (Å²) in [5.41, 5.74) is -2.68. The Balaban J connectivity index is 1.61. The Labute approximate surface area is 250 Å². The Bertz CT molecular complexity index is 1350. The Morgan fingerprint density at radius 1 is 1.02 bits per heavy atom. The molecule has 0 bridgehead atoms. The zero-order valence-electron chi connectivity index (χ0n) is 24.3. The first-order valence-electron chi connectivity index (χ1n) is 13.8. The van der Waals surface area contributed by atoms with Gasteiger partial charge in [-0.2, -0.15) is 26.3 Å². The number of urea groups is 1. The van der Waals surface area contributed by atoms with Gasteiger partial charge in [0.05, 0.1) is 24.8 Å². The van der Waals surface area contributed by atoms with E-state index in [1.807, 2.05) is 19.0 Å². The number of nitrogens with one attached hydrogen (secondary N) is 1. The summed E-state index contributed by atoms with van der Waals surface area (Å²) in [5.74, 6) is -0.102. The molecule has 0 spiro atoms. The maximum atomic E-state index is 13.7. The smallest absolute Gasteiger partial charge is 0.416 e. The lowest BCUT2D eigenvalue weighted by Crippen LogP contribution is -2.72. The number of para-hydroxylation sites is 1. The number of alkyl halides is 6. The van der Waals surface area contributed by atoms with E-state index in [2.05, 4.69) is 5.32 Å². The van der Waals surface area contributed by atoms with Gasteiger partial charge in [-0.05, 0) is 56.9 Å². The molecule has 9 nitrogen and oxygen atoms in total.